The fourth-order valence-electron chi connectivity index (χ4n) is 6.03. The van der Waals surface area contributed by atoms with E-state index in [-0.39, 0.29) is 42.0 Å². The molecule has 2 bridgehead atoms. The summed E-state index contributed by atoms with van der Waals surface area (Å²) in [6.45, 7) is 0. The number of fused-ring (bicyclic) bond motifs is 1. The molecule has 198 valence electrons. The molecule has 1 amide bonds. The van der Waals surface area contributed by atoms with E-state index in [4.69, 9.17) is 4.74 Å². The molecule has 1 atom stereocenters. The van der Waals surface area contributed by atoms with Crippen molar-refractivity contribution in [2.45, 2.75) is 80.3 Å². The van der Waals surface area contributed by atoms with E-state index in [0.29, 0.717) is 25.0 Å². The summed E-state index contributed by atoms with van der Waals surface area (Å²) < 4.78 is 87.4. The van der Waals surface area contributed by atoms with Crippen molar-refractivity contribution in [3.8, 4) is 5.75 Å². The van der Waals surface area contributed by atoms with E-state index >= 15 is 0 Å². The van der Waals surface area contributed by atoms with E-state index in [1.54, 1.807) is 6.33 Å². The van der Waals surface area contributed by atoms with Crippen LogP contribution in [0, 0.1) is 0 Å². The van der Waals surface area contributed by atoms with Crippen molar-refractivity contribution in [3.05, 3.63) is 47.5 Å². The van der Waals surface area contributed by atoms with Crippen LogP contribution in [0.2, 0.25) is 0 Å². The lowest BCUT2D eigenvalue weighted by molar-refractivity contribution is -0.351. The van der Waals surface area contributed by atoms with Crippen LogP contribution in [0.4, 0.5) is 26.3 Å². The molecule has 0 unspecified atom stereocenters. The number of amides is 1. The molecule has 13 heteroatoms. The molecule has 0 saturated heterocycles. The quantitative estimate of drug-likeness (QED) is 0.579. The fourth-order valence-corrected chi connectivity index (χ4v) is 6.03. The van der Waals surface area contributed by atoms with Crippen LogP contribution in [-0.2, 0) is 21.2 Å². The number of imidazole rings is 1. The van der Waals surface area contributed by atoms with Crippen LogP contribution >= 0.6 is 0 Å². The maximum atomic E-state index is 12.9. The summed E-state index contributed by atoms with van der Waals surface area (Å²) in [5.74, 6) is -1.23. The molecule has 37 heavy (non-hydrogen) atoms. The number of benzene rings is 1. The van der Waals surface area contributed by atoms with Gasteiger partial charge in [-0.1, -0.05) is 0 Å². The highest BCUT2D eigenvalue weighted by Crippen LogP contribution is 2.65. The smallest absolute Gasteiger partial charge is 0.479 e. The van der Waals surface area contributed by atoms with Crippen molar-refractivity contribution in [2.24, 2.45) is 0 Å². The monoisotopic (exact) mass is 529 g/mol. The van der Waals surface area contributed by atoms with Gasteiger partial charge in [-0.05, 0) is 50.3 Å². The summed E-state index contributed by atoms with van der Waals surface area (Å²) in [6.07, 6.45) is -5.70. The van der Waals surface area contributed by atoms with Gasteiger partial charge in [0.05, 0.1) is 41.2 Å². The lowest BCUT2D eigenvalue weighted by atomic mass is 9.44. The maximum absolute atomic E-state index is 12.9. The topological polar surface area (TPSA) is 82.5 Å². The van der Waals surface area contributed by atoms with Crippen LogP contribution in [0.3, 0.4) is 0 Å². The maximum Gasteiger partial charge on any atom is 0.522 e. The Balaban J connectivity index is 1.03. The Bertz CT molecular complexity index is 1260. The van der Waals surface area contributed by atoms with Gasteiger partial charge in [-0.2, -0.15) is 13.2 Å². The van der Waals surface area contributed by atoms with E-state index in [1.165, 1.54) is 0 Å². The van der Waals surface area contributed by atoms with Crippen LogP contribution in [0.5, 0.6) is 5.75 Å². The summed E-state index contributed by atoms with van der Waals surface area (Å²) in [5.41, 5.74) is -1.13. The van der Waals surface area contributed by atoms with Crippen molar-refractivity contribution >= 4 is 11.7 Å². The average molecular weight is 529 g/mol. The number of halogens is 6. The molecule has 4 saturated carbocycles. The summed E-state index contributed by atoms with van der Waals surface area (Å²) in [6, 6.07) is 2.61. The number of carbonyl (C=O) groups is 2. The van der Waals surface area contributed by atoms with Crippen molar-refractivity contribution in [1.82, 2.24) is 14.9 Å². The molecular weight excluding hydrogens is 508 g/mol. The van der Waals surface area contributed by atoms with Gasteiger partial charge in [0.15, 0.2) is 11.9 Å². The largest absolute Gasteiger partial charge is 0.522 e. The molecule has 4 fully saturated rings. The molecular formula is C24H21F6N3O4. The zero-order valence-electron chi connectivity index (χ0n) is 19.2. The lowest BCUT2D eigenvalue weighted by Crippen LogP contribution is -2.79. The number of hydrogen-bond donors (Lipinski definition) is 1. The van der Waals surface area contributed by atoms with Gasteiger partial charge in [-0.25, -0.2) is 4.98 Å². The normalized spacial score (nSPS) is 32.4. The number of carbonyl (C=O) groups excluding carboxylic acids is 2. The Kier molecular flexibility index (Phi) is 5.06. The summed E-state index contributed by atoms with van der Waals surface area (Å²) in [4.78, 5) is 29.7. The minimum atomic E-state index is -4.64. The molecule has 4 aliphatic carbocycles. The van der Waals surface area contributed by atoms with Crippen LogP contribution in [0.25, 0.3) is 0 Å². The number of rotatable bonds is 5. The minimum absolute atomic E-state index is 0.0525. The standard InChI is InChI=1S/C24H21F6N3O4/c25-23(26,27)13-1-2-18-15(5-13)17(34)6-19(36-18)20(35)32-21-8-22(9-21,10-21)33-7-16(31-11-33)12-3-14(4-12)37-24(28,29)30/h1-2,5,7,11-12,14,19H,3-4,6,8-10H2,(H,32,35)/t12?,14?,19-,21?,22?/m1/s1. The number of hydrogen-bond acceptors (Lipinski definition) is 5. The van der Waals surface area contributed by atoms with Gasteiger partial charge >= 0.3 is 12.5 Å². The number of alkyl halides is 6. The summed E-state index contributed by atoms with van der Waals surface area (Å²) >= 11 is 0. The first-order valence-electron chi connectivity index (χ1n) is 11.8. The summed E-state index contributed by atoms with van der Waals surface area (Å²) in [5, 5.41) is 2.94. The van der Waals surface area contributed by atoms with Crippen molar-refractivity contribution < 1.29 is 45.4 Å². The van der Waals surface area contributed by atoms with Crippen LogP contribution in [-0.4, -0.2) is 45.4 Å². The van der Waals surface area contributed by atoms with Crippen molar-refractivity contribution in [1.29, 1.82) is 0 Å². The molecule has 5 aliphatic rings. The van der Waals surface area contributed by atoms with E-state index < -0.39 is 47.5 Å². The number of ketones is 1. The zero-order valence-corrected chi connectivity index (χ0v) is 19.2. The number of ether oxygens (including phenoxy) is 2. The predicted molar refractivity (Wildman–Crippen MR) is 113 cm³/mol. The highest BCUT2D eigenvalue weighted by molar-refractivity contribution is 6.03. The first-order valence-corrected chi connectivity index (χ1v) is 11.8. The second-order valence-corrected chi connectivity index (χ2v) is 10.5. The zero-order chi connectivity index (χ0) is 26.4. The number of aromatic nitrogens is 2. The Hall–Kier alpha value is -3.09. The Labute approximate surface area is 206 Å². The Morgan fingerprint density at radius 1 is 1.14 bits per heavy atom. The van der Waals surface area contributed by atoms with Crippen molar-refractivity contribution in [3.63, 3.8) is 0 Å². The highest BCUT2D eigenvalue weighted by Gasteiger charge is 2.70. The van der Waals surface area contributed by atoms with Gasteiger partial charge in [-0.15, -0.1) is 13.2 Å². The molecule has 2 heterocycles. The average Bonchev–Trinajstić information content (AvgIpc) is 3.19. The predicted octanol–water partition coefficient (Wildman–Crippen LogP) is 4.47. The van der Waals surface area contributed by atoms with Crippen molar-refractivity contribution in [2.75, 3.05) is 0 Å². The molecule has 1 aliphatic heterocycles. The van der Waals surface area contributed by atoms with E-state index in [2.05, 4.69) is 15.0 Å². The van der Waals surface area contributed by atoms with Gasteiger partial charge < -0.3 is 14.6 Å². The minimum Gasteiger partial charge on any atom is -0.479 e. The molecule has 2 aromatic rings. The SMILES string of the molecule is O=C1C[C@H](C(=O)NC23CC(n4cnc(C5CC(OC(F)(F)F)C5)c4)(C2)C3)Oc2ccc(C(F)(F)F)cc21. The van der Waals surface area contributed by atoms with Crippen LogP contribution in [0.15, 0.2) is 30.7 Å². The van der Waals surface area contributed by atoms with Gasteiger partial charge in [0.25, 0.3) is 5.91 Å². The third-order valence-electron chi connectivity index (χ3n) is 7.89. The van der Waals surface area contributed by atoms with Gasteiger partial charge in [0.2, 0.25) is 0 Å². The van der Waals surface area contributed by atoms with Gasteiger partial charge in [-0.3, -0.25) is 14.3 Å². The number of nitrogens with zero attached hydrogens (tertiary/aromatic N) is 2. The lowest BCUT2D eigenvalue weighted by Gasteiger charge is -2.70. The molecule has 7 nitrogen and oxygen atoms in total. The third-order valence-corrected chi connectivity index (χ3v) is 7.89. The van der Waals surface area contributed by atoms with E-state index in [0.717, 1.165) is 18.2 Å². The van der Waals surface area contributed by atoms with Crippen LogP contribution in [0.1, 0.15) is 66.1 Å². The van der Waals surface area contributed by atoms with Crippen LogP contribution < -0.4 is 10.1 Å². The second kappa shape index (κ2) is 7.71. The highest BCUT2D eigenvalue weighted by atomic mass is 19.4. The molecule has 1 aromatic carbocycles. The van der Waals surface area contributed by atoms with Gasteiger partial charge in [0, 0.05) is 17.7 Å². The first-order chi connectivity index (χ1) is 17.2. The second-order valence-electron chi connectivity index (χ2n) is 10.5. The first kappa shape index (κ1) is 24.3. The molecule has 1 aromatic heterocycles. The molecule has 1 N–H and O–H groups in total. The Morgan fingerprint density at radius 3 is 2.49 bits per heavy atom. The summed E-state index contributed by atoms with van der Waals surface area (Å²) in [7, 11) is 0. The Morgan fingerprint density at radius 2 is 1.84 bits per heavy atom. The molecule has 0 radical (unpaired) electrons. The van der Waals surface area contributed by atoms with Gasteiger partial charge in [0.1, 0.15) is 5.75 Å². The van der Waals surface area contributed by atoms with E-state index in [9.17, 15) is 35.9 Å². The third kappa shape index (κ3) is 4.16. The number of nitrogens with one attached hydrogen (secondary N) is 1. The number of Topliss-reactive ketones (excluding diaryl/α,β-unsaturated/α-hetero) is 1. The molecule has 0 spiro atoms. The van der Waals surface area contributed by atoms with E-state index in [1.807, 2.05) is 10.8 Å². The fraction of sp³-hybridized carbons (Fsp3) is 0.542. The molecule has 7 rings (SSSR count).